The molecule has 0 aromatic rings. The van der Waals surface area contributed by atoms with Crippen molar-refractivity contribution in [3.8, 4) is 0 Å². The van der Waals surface area contributed by atoms with Crippen molar-refractivity contribution >= 4 is 11.9 Å². The number of hydrogen-bond acceptors (Lipinski definition) is 4. The minimum atomic E-state index is -1.07. The van der Waals surface area contributed by atoms with E-state index in [0.717, 1.165) is 12.8 Å². The van der Waals surface area contributed by atoms with Crippen molar-refractivity contribution in [3.63, 3.8) is 0 Å². The van der Waals surface area contributed by atoms with Crippen LogP contribution in [0.1, 0.15) is 129 Å². The Morgan fingerprint density at radius 3 is 1.60 bits per heavy atom. The highest BCUT2D eigenvalue weighted by molar-refractivity contribution is 5.75. The van der Waals surface area contributed by atoms with Gasteiger partial charge in [0.2, 0.25) is 0 Å². The SMILES string of the molecule is CCCCCCCCCCC(CCCCCCCC)COC(=O)CC[C@H](N)C(=O)O. The third kappa shape index (κ3) is 18.9. The van der Waals surface area contributed by atoms with Crippen molar-refractivity contribution in [2.24, 2.45) is 11.7 Å². The highest BCUT2D eigenvalue weighted by Crippen LogP contribution is 2.20. The summed E-state index contributed by atoms with van der Waals surface area (Å²) in [5, 5.41) is 8.81. The molecule has 0 saturated carbocycles. The Labute approximate surface area is 185 Å². The van der Waals surface area contributed by atoms with Gasteiger partial charge in [0.15, 0.2) is 0 Å². The van der Waals surface area contributed by atoms with Crippen LogP contribution in [0, 0.1) is 5.92 Å². The molecule has 0 aliphatic heterocycles. The van der Waals surface area contributed by atoms with Gasteiger partial charge in [0.05, 0.1) is 6.61 Å². The lowest BCUT2D eigenvalue weighted by molar-refractivity contribution is -0.145. The summed E-state index contributed by atoms with van der Waals surface area (Å²) in [7, 11) is 0. The Morgan fingerprint density at radius 2 is 1.17 bits per heavy atom. The molecule has 2 atom stereocenters. The van der Waals surface area contributed by atoms with E-state index in [2.05, 4.69) is 13.8 Å². The van der Waals surface area contributed by atoms with E-state index < -0.39 is 12.0 Å². The largest absolute Gasteiger partial charge is 0.480 e. The first-order chi connectivity index (χ1) is 14.5. The number of aliphatic carboxylic acids is 1. The van der Waals surface area contributed by atoms with Gasteiger partial charge in [-0.05, 0) is 25.2 Å². The smallest absolute Gasteiger partial charge is 0.320 e. The van der Waals surface area contributed by atoms with Crippen LogP contribution in [0.3, 0.4) is 0 Å². The fraction of sp³-hybridized carbons (Fsp3) is 0.920. The molecule has 0 heterocycles. The molecular formula is C25H49NO4. The van der Waals surface area contributed by atoms with Crippen LogP contribution in [-0.2, 0) is 14.3 Å². The number of nitrogens with two attached hydrogens (primary N) is 1. The van der Waals surface area contributed by atoms with Crippen LogP contribution in [-0.4, -0.2) is 29.7 Å². The third-order valence-electron chi connectivity index (χ3n) is 5.89. The molecule has 0 fully saturated rings. The average molecular weight is 428 g/mol. The van der Waals surface area contributed by atoms with Crippen molar-refractivity contribution in [2.75, 3.05) is 6.61 Å². The summed E-state index contributed by atoms with van der Waals surface area (Å²) in [6.45, 7) is 4.95. The van der Waals surface area contributed by atoms with E-state index in [1.54, 1.807) is 0 Å². The molecule has 5 nitrogen and oxygen atoms in total. The van der Waals surface area contributed by atoms with Gasteiger partial charge in [0.25, 0.3) is 0 Å². The second-order valence-electron chi connectivity index (χ2n) is 8.85. The summed E-state index contributed by atoms with van der Waals surface area (Å²) in [6, 6.07) is -0.992. The van der Waals surface area contributed by atoms with E-state index in [4.69, 9.17) is 15.6 Å². The average Bonchev–Trinajstić information content (AvgIpc) is 2.73. The number of carboxylic acids is 1. The second-order valence-corrected chi connectivity index (χ2v) is 8.85. The summed E-state index contributed by atoms with van der Waals surface area (Å²) < 4.78 is 5.46. The van der Waals surface area contributed by atoms with Crippen LogP contribution in [0.15, 0.2) is 0 Å². The van der Waals surface area contributed by atoms with Crippen molar-refractivity contribution in [3.05, 3.63) is 0 Å². The zero-order chi connectivity index (χ0) is 22.5. The summed E-state index contributed by atoms with van der Waals surface area (Å²) in [6.07, 6.45) is 20.6. The maximum absolute atomic E-state index is 12.0. The number of esters is 1. The van der Waals surface area contributed by atoms with Crippen LogP contribution in [0.2, 0.25) is 0 Å². The molecule has 0 aliphatic rings. The minimum Gasteiger partial charge on any atom is -0.480 e. The molecule has 30 heavy (non-hydrogen) atoms. The molecule has 0 aliphatic carbocycles. The van der Waals surface area contributed by atoms with Crippen LogP contribution >= 0.6 is 0 Å². The fourth-order valence-corrected chi connectivity index (χ4v) is 3.77. The van der Waals surface area contributed by atoms with Crippen LogP contribution in [0.25, 0.3) is 0 Å². The number of carboxylic acid groups (broad SMARTS) is 1. The predicted molar refractivity (Wildman–Crippen MR) is 125 cm³/mol. The fourth-order valence-electron chi connectivity index (χ4n) is 3.77. The second kappa shape index (κ2) is 21.1. The first-order valence-corrected chi connectivity index (χ1v) is 12.6. The molecule has 0 radical (unpaired) electrons. The van der Waals surface area contributed by atoms with Crippen molar-refractivity contribution < 1.29 is 19.4 Å². The quantitative estimate of drug-likeness (QED) is 0.150. The number of rotatable bonds is 22. The van der Waals surface area contributed by atoms with Crippen molar-refractivity contribution in [1.29, 1.82) is 0 Å². The molecule has 0 spiro atoms. The number of hydrogen-bond donors (Lipinski definition) is 2. The maximum atomic E-state index is 12.0. The number of ether oxygens (including phenoxy) is 1. The van der Waals surface area contributed by atoms with E-state index >= 15 is 0 Å². The number of unbranched alkanes of at least 4 members (excludes halogenated alkanes) is 12. The molecule has 0 aromatic heterocycles. The van der Waals surface area contributed by atoms with Gasteiger partial charge >= 0.3 is 11.9 Å². The molecule has 0 rings (SSSR count). The molecule has 0 saturated heterocycles. The zero-order valence-electron chi connectivity index (χ0n) is 19.8. The Bertz CT molecular complexity index is 414. The summed E-state index contributed by atoms with van der Waals surface area (Å²) in [4.78, 5) is 22.7. The molecule has 3 N–H and O–H groups in total. The van der Waals surface area contributed by atoms with Crippen molar-refractivity contribution in [1.82, 2.24) is 0 Å². The van der Waals surface area contributed by atoms with Gasteiger partial charge in [-0.15, -0.1) is 0 Å². The van der Waals surface area contributed by atoms with Gasteiger partial charge in [-0.3, -0.25) is 9.59 Å². The van der Waals surface area contributed by atoms with E-state index in [-0.39, 0.29) is 18.8 Å². The monoisotopic (exact) mass is 427 g/mol. The molecule has 0 bridgehead atoms. The Morgan fingerprint density at radius 1 is 0.733 bits per heavy atom. The van der Waals surface area contributed by atoms with Gasteiger partial charge in [-0.25, -0.2) is 0 Å². The Kier molecular flexibility index (Phi) is 20.4. The van der Waals surface area contributed by atoms with E-state index in [9.17, 15) is 9.59 Å². The third-order valence-corrected chi connectivity index (χ3v) is 5.89. The molecule has 1 unspecified atom stereocenters. The highest BCUT2D eigenvalue weighted by Gasteiger charge is 2.16. The molecule has 0 aromatic carbocycles. The van der Waals surface area contributed by atoms with E-state index in [0.29, 0.717) is 12.5 Å². The number of carbonyl (C=O) groups is 2. The zero-order valence-corrected chi connectivity index (χ0v) is 19.8. The number of carbonyl (C=O) groups excluding carboxylic acids is 1. The predicted octanol–water partition coefficient (Wildman–Crippen LogP) is 6.62. The maximum Gasteiger partial charge on any atom is 0.320 e. The lowest BCUT2D eigenvalue weighted by Gasteiger charge is -2.17. The minimum absolute atomic E-state index is 0.0783. The lowest BCUT2D eigenvalue weighted by Crippen LogP contribution is -2.30. The topological polar surface area (TPSA) is 89.6 Å². The Balaban J connectivity index is 4.10. The lowest BCUT2D eigenvalue weighted by atomic mass is 9.94. The summed E-state index contributed by atoms with van der Waals surface area (Å²) >= 11 is 0. The standard InChI is InChI=1S/C25H49NO4/c1-3-5-7-9-11-12-14-16-18-22(17-15-13-10-8-6-4-2)21-30-24(27)20-19-23(26)25(28)29/h22-23H,3-21,26H2,1-2H3,(H,28,29)/t22?,23-/m0/s1. The van der Waals surface area contributed by atoms with E-state index in [1.165, 1.54) is 89.9 Å². The van der Waals surface area contributed by atoms with Crippen molar-refractivity contribution in [2.45, 2.75) is 135 Å². The van der Waals surface area contributed by atoms with Gasteiger partial charge in [-0.1, -0.05) is 104 Å². The molecule has 178 valence electrons. The Hall–Kier alpha value is -1.10. The molecule has 0 amide bonds. The van der Waals surface area contributed by atoms with Gasteiger partial charge in [0, 0.05) is 6.42 Å². The van der Waals surface area contributed by atoms with Gasteiger partial charge in [-0.2, -0.15) is 0 Å². The van der Waals surface area contributed by atoms with Crippen LogP contribution < -0.4 is 5.73 Å². The van der Waals surface area contributed by atoms with Crippen LogP contribution in [0.4, 0.5) is 0 Å². The van der Waals surface area contributed by atoms with E-state index in [1.807, 2.05) is 0 Å². The molecule has 5 heteroatoms. The first kappa shape index (κ1) is 28.9. The normalized spacial score (nSPS) is 13.2. The first-order valence-electron chi connectivity index (χ1n) is 12.6. The van der Waals surface area contributed by atoms with Crippen LogP contribution in [0.5, 0.6) is 0 Å². The summed E-state index contributed by atoms with van der Waals surface area (Å²) in [5.74, 6) is -0.970. The summed E-state index contributed by atoms with van der Waals surface area (Å²) in [5.41, 5.74) is 5.46. The van der Waals surface area contributed by atoms with Gasteiger partial charge < -0.3 is 15.6 Å². The molecular weight excluding hydrogens is 378 g/mol. The highest BCUT2D eigenvalue weighted by atomic mass is 16.5. The van der Waals surface area contributed by atoms with Gasteiger partial charge in [0.1, 0.15) is 6.04 Å².